The number of hydrogen-bond donors (Lipinski definition) is 1. The van der Waals surface area contributed by atoms with Crippen molar-refractivity contribution in [1.82, 2.24) is 10.2 Å². The third-order valence-electron chi connectivity index (χ3n) is 4.49. The lowest BCUT2D eigenvalue weighted by atomic mass is 10.1. The normalized spacial score (nSPS) is 10.9. The summed E-state index contributed by atoms with van der Waals surface area (Å²) in [7, 11) is 0. The molecule has 0 fully saturated rings. The van der Waals surface area contributed by atoms with Crippen LogP contribution in [0, 0.1) is 11.8 Å². The third-order valence-corrected chi connectivity index (χ3v) is 4.49. The van der Waals surface area contributed by atoms with Gasteiger partial charge in [-0.15, -0.1) is 0 Å². The van der Waals surface area contributed by atoms with Crippen LogP contribution in [0.4, 0.5) is 0 Å². The smallest absolute Gasteiger partial charge is 0.253 e. The number of benzene rings is 2. The first kappa shape index (κ1) is 23.5. The van der Waals surface area contributed by atoms with Gasteiger partial charge in [-0.05, 0) is 41.7 Å². The van der Waals surface area contributed by atoms with Crippen LogP contribution in [0.5, 0.6) is 5.75 Å². The maximum Gasteiger partial charge on any atom is 0.253 e. The van der Waals surface area contributed by atoms with Gasteiger partial charge in [-0.2, -0.15) is 0 Å². The van der Waals surface area contributed by atoms with Crippen molar-refractivity contribution in [3.63, 3.8) is 0 Å². The average molecular weight is 411 g/mol. The summed E-state index contributed by atoms with van der Waals surface area (Å²) in [6, 6.07) is 16.9. The molecule has 0 bridgehead atoms. The zero-order valence-corrected chi connectivity index (χ0v) is 18.6. The second-order valence-electron chi connectivity index (χ2n) is 8.38. The van der Waals surface area contributed by atoms with Gasteiger partial charge in [-0.25, -0.2) is 0 Å². The van der Waals surface area contributed by atoms with E-state index in [0.29, 0.717) is 37.0 Å². The molecule has 0 saturated carbocycles. The summed E-state index contributed by atoms with van der Waals surface area (Å²) >= 11 is 0. The Balaban J connectivity index is 1.81. The van der Waals surface area contributed by atoms with Gasteiger partial charge in [0, 0.05) is 25.2 Å². The second kappa shape index (κ2) is 12.0. The third kappa shape index (κ3) is 8.27. The molecular formula is C25H34N2O3. The van der Waals surface area contributed by atoms with Crippen LogP contribution in [-0.4, -0.2) is 36.4 Å². The van der Waals surface area contributed by atoms with E-state index in [9.17, 15) is 9.59 Å². The lowest BCUT2D eigenvalue weighted by Crippen LogP contribution is -2.37. The van der Waals surface area contributed by atoms with Gasteiger partial charge in [0.1, 0.15) is 5.75 Å². The molecule has 0 heterocycles. The SMILES string of the molecule is CC(C)CN(CC(C)C)C(=O)c1ccc(CNC(=O)CCOc2ccccc2)cc1. The number of rotatable bonds is 11. The molecule has 30 heavy (non-hydrogen) atoms. The van der Waals surface area contributed by atoms with Gasteiger partial charge < -0.3 is 15.0 Å². The maximum atomic E-state index is 12.9. The number of carbonyl (C=O) groups is 2. The second-order valence-corrected chi connectivity index (χ2v) is 8.38. The van der Waals surface area contributed by atoms with Crippen LogP contribution in [0.3, 0.4) is 0 Å². The lowest BCUT2D eigenvalue weighted by molar-refractivity contribution is -0.121. The van der Waals surface area contributed by atoms with Crippen molar-refractivity contribution in [3.8, 4) is 5.75 Å². The fraction of sp³-hybridized carbons (Fsp3) is 0.440. The van der Waals surface area contributed by atoms with Gasteiger partial charge in [0.2, 0.25) is 5.91 Å². The Labute approximate surface area is 180 Å². The van der Waals surface area contributed by atoms with Crippen molar-refractivity contribution in [2.24, 2.45) is 11.8 Å². The molecule has 0 spiro atoms. The predicted molar refractivity (Wildman–Crippen MR) is 120 cm³/mol. The molecule has 0 aliphatic rings. The number of hydrogen-bond acceptors (Lipinski definition) is 3. The Kier molecular flexibility index (Phi) is 9.39. The van der Waals surface area contributed by atoms with E-state index in [1.807, 2.05) is 59.5 Å². The first-order valence-electron chi connectivity index (χ1n) is 10.7. The van der Waals surface area contributed by atoms with Gasteiger partial charge in [0.05, 0.1) is 13.0 Å². The molecule has 0 aliphatic heterocycles. The molecule has 1 N–H and O–H groups in total. The van der Waals surface area contributed by atoms with Gasteiger partial charge in [-0.1, -0.05) is 58.0 Å². The average Bonchev–Trinajstić information content (AvgIpc) is 2.72. The standard InChI is InChI=1S/C25H34N2O3/c1-19(2)17-27(18-20(3)4)25(29)22-12-10-21(11-13-22)16-26-24(28)14-15-30-23-8-6-5-7-9-23/h5-13,19-20H,14-18H2,1-4H3,(H,26,28). The summed E-state index contributed by atoms with van der Waals surface area (Å²) < 4.78 is 5.54. The van der Waals surface area contributed by atoms with Gasteiger partial charge in [0.15, 0.2) is 0 Å². The zero-order chi connectivity index (χ0) is 21.9. The van der Waals surface area contributed by atoms with Gasteiger partial charge in [-0.3, -0.25) is 9.59 Å². The minimum atomic E-state index is -0.0638. The Morgan fingerprint density at radius 3 is 2.07 bits per heavy atom. The Morgan fingerprint density at radius 2 is 1.50 bits per heavy atom. The summed E-state index contributed by atoms with van der Waals surface area (Å²) in [5.74, 6) is 1.60. The monoisotopic (exact) mass is 410 g/mol. The van der Waals surface area contributed by atoms with E-state index < -0.39 is 0 Å². The Bertz CT molecular complexity index is 776. The first-order valence-corrected chi connectivity index (χ1v) is 10.7. The zero-order valence-electron chi connectivity index (χ0n) is 18.6. The highest BCUT2D eigenvalue weighted by atomic mass is 16.5. The quantitative estimate of drug-likeness (QED) is 0.592. The number of carbonyl (C=O) groups excluding carboxylic acids is 2. The molecule has 0 aromatic heterocycles. The lowest BCUT2D eigenvalue weighted by Gasteiger charge is -2.26. The summed E-state index contributed by atoms with van der Waals surface area (Å²) in [4.78, 5) is 26.8. The summed E-state index contributed by atoms with van der Waals surface area (Å²) in [5.41, 5.74) is 1.64. The molecule has 0 aliphatic carbocycles. The molecule has 2 rings (SSSR count). The van der Waals surface area contributed by atoms with Crippen molar-refractivity contribution >= 4 is 11.8 Å². The van der Waals surface area contributed by atoms with Crippen molar-refractivity contribution in [2.75, 3.05) is 19.7 Å². The molecule has 0 saturated heterocycles. The van der Waals surface area contributed by atoms with E-state index in [4.69, 9.17) is 4.74 Å². The topological polar surface area (TPSA) is 58.6 Å². The fourth-order valence-corrected chi connectivity index (χ4v) is 3.14. The molecule has 0 unspecified atom stereocenters. The van der Waals surface area contributed by atoms with Crippen molar-refractivity contribution in [2.45, 2.75) is 40.7 Å². The summed E-state index contributed by atoms with van der Waals surface area (Å²) in [5, 5.41) is 2.89. The molecule has 162 valence electrons. The van der Waals surface area contributed by atoms with Crippen LogP contribution in [0.15, 0.2) is 54.6 Å². The van der Waals surface area contributed by atoms with E-state index in [-0.39, 0.29) is 11.8 Å². The molecule has 0 atom stereocenters. The minimum Gasteiger partial charge on any atom is -0.493 e. The molecule has 2 amide bonds. The van der Waals surface area contributed by atoms with E-state index >= 15 is 0 Å². The summed E-state index contributed by atoms with van der Waals surface area (Å²) in [6.45, 7) is 10.8. The molecule has 5 nitrogen and oxygen atoms in total. The van der Waals surface area contributed by atoms with Crippen LogP contribution >= 0.6 is 0 Å². The van der Waals surface area contributed by atoms with Crippen LogP contribution in [0.2, 0.25) is 0 Å². The molecule has 2 aromatic carbocycles. The van der Waals surface area contributed by atoms with Crippen LogP contribution < -0.4 is 10.1 Å². The highest BCUT2D eigenvalue weighted by Gasteiger charge is 2.18. The van der Waals surface area contributed by atoms with Crippen LogP contribution in [0.25, 0.3) is 0 Å². The van der Waals surface area contributed by atoms with Crippen LogP contribution in [0.1, 0.15) is 50.0 Å². The highest BCUT2D eigenvalue weighted by Crippen LogP contribution is 2.12. The number of nitrogens with zero attached hydrogens (tertiary/aromatic N) is 1. The Hall–Kier alpha value is -2.82. The summed E-state index contributed by atoms with van der Waals surface area (Å²) in [6.07, 6.45) is 0.296. The van der Waals surface area contributed by atoms with Gasteiger partial charge >= 0.3 is 0 Å². The first-order chi connectivity index (χ1) is 14.3. The molecule has 5 heteroatoms. The number of nitrogens with one attached hydrogen (secondary N) is 1. The Morgan fingerprint density at radius 1 is 0.900 bits per heavy atom. The molecule has 2 aromatic rings. The van der Waals surface area contributed by atoms with E-state index in [0.717, 1.165) is 24.4 Å². The predicted octanol–water partition coefficient (Wildman–Crippen LogP) is 4.53. The largest absolute Gasteiger partial charge is 0.493 e. The number of para-hydroxylation sites is 1. The fourth-order valence-electron chi connectivity index (χ4n) is 3.14. The van der Waals surface area contributed by atoms with E-state index in [1.165, 1.54) is 0 Å². The number of ether oxygens (including phenoxy) is 1. The van der Waals surface area contributed by atoms with Crippen molar-refractivity contribution in [3.05, 3.63) is 65.7 Å². The van der Waals surface area contributed by atoms with Crippen molar-refractivity contribution < 1.29 is 14.3 Å². The van der Waals surface area contributed by atoms with Crippen LogP contribution in [-0.2, 0) is 11.3 Å². The van der Waals surface area contributed by atoms with Crippen molar-refractivity contribution in [1.29, 1.82) is 0 Å². The molecule has 0 radical (unpaired) electrons. The maximum absolute atomic E-state index is 12.9. The molecular weight excluding hydrogens is 376 g/mol. The van der Waals surface area contributed by atoms with E-state index in [2.05, 4.69) is 33.0 Å². The number of amides is 2. The minimum absolute atomic E-state index is 0.0612. The highest BCUT2D eigenvalue weighted by molar-refractivity contribution is 5.94. The van der Waals surface area contributed by atoms with E-state index in [1.54, 1.807) is 0 Å². The van der Waals surface area contributed by atoms with Gasteiger partial charge in [0.25, 0.3) is 5.91 Å².